The number of likely N-dealkylation sites (tertiary alicyclic amines) is 1. The third-order valence-electron chi connectivity index (χ3n) is 5.16. The molecule has 2 heterocycles. The lowest BCUT2D eigenvalue weighted by Gasteiger charge is -2.31. The molecule has 0 unspecified atom stereocenters. The Bertz CT molecular complexity index is 904. The summed E-state index contributed by atoms with van der Waals surface area (Å²) in [6.07, 6.45) is 5.74. The molecule has 3 aromatic rings. The molecule has 2 aromatic carbocycles. The second kappa shape index (κ2) is 9.39. The summed E-state index contributed by atoms with van der Waals surface area (Å²) in [6, 6.07) is 17.3. The molecule has 6 heteroatoms. The summed E-state index contributed by atoms with van der Waals surface area (Å²) in [6.45, 7) is 3.31. The number of aromatic nitrogens is 2. The van der Waals surface area contributed by atoms with Gasteiger partial charge in [0, 0.05) is 37.6 Å². The molecule has 0 atom stereocenters. The molecule has 1 saturated heterocycles. The van der Waals surface area contributed by atoms with Crippen LogP contribution in [0.1, 0.15) is 34.6 Å². The first-order valence-corrected chi connectivity index (χ1v) is 10.1. The number of ether oxygens (including phenoxy) is 1. The van der Waals surface area contributed by atoms with E-state index in [2.05, 4.69) is 20.2 Å². The highest BCUT2D eigenvalue weighted by atomic mass is 16.5. The fourth-order valence-electron chi connectivity index (χ4n) is 3.56. The summed E-state index contributed by atoms with van der Waals surface area (Å²) in [7, 11) is 0. The number of hydrogen-bond acceptors (Lipinski definition) is 4. The van der Waals surface area contributed by atoms with Gasteiger partial charge in [-0.2, -0.15) is 0 Å². The Hall–Kier alpha value is -3.12. The first-order chi connectivity index (χ1) is 14.3. The van der Waals surface area contributed by atoms with E-state index >= 15 is 0 Å². The number of carbonyl (C=O) groups excluding carboxylic acids is 1. The molecule has 0 spiro atoms. The van der Waals surface area contributed by atoms with Gasteiger partial charge in [-0.15, -0.1) is 0 Å². The number of amides is 1. The van der Waals surface area contributed by atoms with Gasteiger partial charge in [0.05, 0.1) is 6.54 Å². The molecule has 1 amide bonds. The highest BCUT2D eigenvalue weighted by Gasteiger charge is 2.21. The molecule has 1 aliphatic heterocycles. The number of H-pyrrole nitrogens is 1. The third kappa shape index (κ3) is 5.45. The number of hydrogen-bond donors (Lipinski definition) is 2. The molecule has 0 saturated carbocycles. The fourth-order valence-corrected chi connectivity index (χ4v) is 3.56. The molecule has 1 aromatic heterocycles. The number of nitrogens with zero attached hydrogens (tertiary/aromatic N) is 2. The summed E-state index contributed by atoms with van der Waals surface area (Å²) < 4.78 is 6.16. The minimum absolute atomic E-state index is 0.0902. The molecule has 1 aliphatic rings. The Labute approximate surface area is 170 Å². The van der Waals surface area contributed by atoms with Crippen LogP contribution < -0.4 is 10.1 Å². The zero-order valence-corrected chi connectivity index (χ0v) is 16.4. The molecular formula is C23H26N4O2. The smallest absolute Gasteiger partial charge is 0.251 e. The van der Waals surface area contributed by atoms with Gasteiger partial charge in [-0.05, 0) is 36.6 Å². The van der Waals surface area contributed by atoms with Crippen LogP contribution in [0.25, 0.3) is 0 Å². The Morgan fingerprint density at radius 2 is 1.97 bits per heavy atom. The maximum atomic E-state index is 12.5. The maximum Gasteiger partial charge on any atom is 0.251 e. The van der Waals surface area contributed by atoms with Crippen molar-refractivity contribution in [2.45, 2.75) is 32.0 Å². The number of benzene rings is 2. The van der Waals surface area contributed by atoms with Gasteiger partial charge in [0.1, 0.15) is 17.7 Å². The number of aromatic amines is 1. The van der Waals surface area contributed by atoms with E-state index in [1.807, 2.05) is 60.8 Å². The third-order valence-corrected chi connectivity index (χ3v) is 5.16. The van der Waals surface area contributed by atoms with Gasteiger partial charge in [-0.3, -0.25) is 9.69 Å². The lowest BCUT2D eigenvalue weighted by molar-refractivity contribution is 0.0930. The van der Waals surface area contributed by atoms with Crippen molar-refractivity contribution in [2.24, 2.45) is 0 Å². The Kier molecular flexibility index (Phi) is 6.22. The average molecular weight is 390 g/mol. The van der Waals surface area contributed by atoms with Crippen molar-refractivity contribution in [3.8, 4) is 5.75 Å². The largest absolute Gasteiger partial charge is 0.490 e. The number of imidazole rings is 1. The minimum atomic E-state index is -0.0902. The summed E-state index contributed by atoms with van der Waals surface area (Å²) in [4.78, 5) is 22.3. The van der Waals surface area contributed by atoms with Crippen LogP contribution >= 0.6 is 0 Å². The Morgan fingerprint density at radius 3 is 2.72 bits per heavy atom. The van der Waals surface area contributed by atoms with Crippen LogP contribution in [0.2, 0.25) is 0 Å². The predicted octanol–water partition coefficient (Wildman–Crippen LogP) is 3.38. The zero-order valence-electron chi connectivity index (χ0n) is 16.4. The molecule has 1 fully saturated rings. The van der Waals surface area contributed by atoms with Crippen LogP contribution in [-0.2, 0) is 13.1 Å². The van der Waals surface area contributed by atoms with Crippen LogP contribution in [0.3, 0.4) is 0 Å². The van der Waals surface area contributed by atoms with E-state index in [0.717, 1.165) is 49.6 Å². The first kappa shape index (κ1) is 19.2. The average Bonchev–Trinajstić information content (AvgIpc) is 3.27. The van der Waals surface area contributed by atoms with Crippen molar-refractivity contribution in [2.75, 3.05) is 13.1 Å². The standard InChI is InChI=1S/C23H26N4O2/c28-23(26-16-18-5-2-1-3-6-18)19-7-4-8-21(15-19)29-20-9-13-27(14-10-20)17-22-24-11-12-25-22/h1-8,11-12,15,20H,9-10,13-14,16-17H2,(H,24,25)(H,26,28). The number of nitrogens with one attached hydrogen (secondary N) is 2. The molecular weight excluding hydrogens is 364 g/mol. The highest BCUT2D eigenvalue weighted by Crippen LogP contribution is 2.21. The van der Waals surface area contributed by atoms with E-state index < -0.39 is 0 Å². The van der Waals surface area contributed by atoms with E-state index in [1.165, 1.54) is 0 Å². The number of rotatable bonds is 7. The van der Waals surface area contributed by atoms with Gasteiger partial charge in [-0.1, -0.05) is 36.4 Å². The van der Waals surface area contributed by atoms with Crippen LogP contribution in [-0.4, -0.2) is 40.0 Å². The normalized spacial score (nSPS) is 15.2. The van der Waals surface area contributed by atoms with Gasteiger partial charge >= 0.3 is 0 Å². The fraction of sp³-hybridized carbons (Fsp3) is 0.304. The van der Waals surface area contributed by atoms with E-state index in [-0.39, 0.29) is 12.0 Å². The SMILES string of the molecule is O=C(NCc1ccccc1)c1cccc(OC2CCN(Cc3ncc[nH]3)CC2)c1. The van der Waals surface area contributed by atoms with Crippen molar-refractivity contribution in [1.29, 1.82) is 0 Å². The van der Waals surface area contributed by atoms with Gasteiger partial charge in [0.15, 0.2) is 0 Å². The van der Waals surface area contributed by atoms with Crippen molar-refractivity contribution >= 4 is 5.91 Å². The van der Waals surface area contributed by atoms with Crippen LogP contribution in [0.15, 0.2) is 67.0 Å². The number of carbonyl (C=O) groups is 1. The van der Waals surface area contributed by atoms with E-state index in [9.17, 15) is 4.79 Å². The van der Waals surface area contributed by atoms with Gasteiger partial charge in [-0.25, -0.2) is 4.98 Å². The molecule has 150 valence electrons. The number of piperidine rings is 1. The summed E-state index contributed by atoms with van der Waals surface area (Å²) >= 11 is 0. The summed E-state index contributed by atoms with van der Waals surface area (Å²) in [5.41, 5.74) is 1.70. The van der Waals surface area contributed by atoms with Crippen LogP contribution in [0.5, 0.6) is 5.75 Å². The second-order valence-corrected chi connectivity index (χ2v) is 7.33. The van der Waals surface area contributed by atoms with Crippen LogP contribution in [0, 0.1) is 0 Å². The van der Waals surface area contributed by atoms with Crippen molar-refractivity contribution in [3.05, 3.63) is 83.9 Å². The monoisotopic (exact) mass is 390 g/mol. The quantitative estimate of drug-likeness (QED) is 0.649. The maximum absolute atomic E-state index is 12.5. The van der Waals surface area contributed by atoms with Gasteiger partial charge in [0.25, 0.3) is 5.91 Å². The summed E-state index contributed by atoms with van der Waals surface area (Å²) in [5, 5.41) is 2.96. The molecule has 6 nitrogen and oxygen atoms in total. The molecule has 0 bridgehead atoms. The predicted molar refractivity (Wildman–Crippen MR) is 112 cm³/mol. The Morgan fingerprint density at radius 1 is 1.14 bits per heavy atom. The summed E-state index contributed by atoms with van der Waals surface area (Å²) in [5.74, 6) is 1.66. The van der Waals surface area contributed by atoms with Crippen molar-refractivity contribution < 1.29 is 9.53 Å². The van der Waals surface area contributed by atoms with E-state index in [0.29, 0.717) is 12.1 Å². The van der Waals surface area contributed by atoms with Gasteiger partial charge < -0.3 is 15.0 Å². The molecule has 0 aliphatic carbocycles. The Balaban J connectivity index is 1.27. The van der Waals surface area contributed by atoms with Crippen LogP contribution in [0.4, 0.5) is 0 Å². The van der Waals surface area contributed by atoms with Crippen molar-refractivity contribution in [1.82, 2.24) is 20.2 Å². The molecule has 29 heavy (non-hydrogen) atoms. The minimum Gasteiger partial charge on any atom is -0.490 e. The lowest BCUT2D eigenvalue weighted by Crippen LogP contribution is -2.38. The molecule has 2 N–H and O–H groups in total. The lowest BCUT2D eigenvalue weighted by atomic mass is 10.1. The topological polar surface area (TPSA) is 70.2 Å². The second-order valence-electron chi connectivity index (χ2n) is 7.33. The van der Waals surface area contributed by atoms with Crippen molar-refractivity contribution in [3.63, 3.8) is 0 Å². The first-order valence-electron chi connectivity index (χ1n) is 10.1. The highest BCUT2D eigenvalue weighted by molar-refractivity contribution is 5.94. The molecule has 4 rings (SSSR count). The van der Waals surface area contributed by atoms with Gasteiger partial charge in [0.2, 0.25) is 0 Å². The molecule has 0 radical (unpaired) electrons. The van der Waals surface area contributed by atoms with E-state index in [4.69, 9.17) is 4.74 Å². The van der Waals surface area contributed by atoms with E-state index in [1.54, 1.807) is 6.20 Å². The zero-order chi connectivity index (χ0) is 19.9.